The fourth-order valence-corrected chi connectivity index (χ4v) is 2.92. The summed E-state index contributed by atoms with van der Waals surface area (Å²) in [6, 6.07) is -0.232. The van der Waals surface area contributed by atoms with Crippen LogP contribution in [0.4, 0.5) is 13.2 Å². The van der Waals surface area contributed by atoms with Gasteiger partial charge in [-0.05, 0) is 18.8 Å². The van der Waals surface area contributed by atoms with Crippen LogP contribution in [0.5, 0.6) is 0 Å². The minimum Gasteiger partial charge on any atom is -0.468 e. The molecule has 150 valence electrons. The Bertz CT molecular complexity index is 509. The second-order valence-corrected chi connectivity index (χ2v) is 6.16. The molecule has 0 spiro atoms. The number of ether oxygens (including phenoxy) is 3. The number of hydrogen-bond acceptors (Lipinski definition) is 7. The zero-order chi connectivity index (χ0) is 19.9. The smallest absolute Gasteiger partial charge is 0.431 e. The number of nitrogens with zero attached hydrogens (tertiary/aromatic N) is 2. The van der Waals surface area contributed by atoms with E-state index in [1.807, 2.05) is 0 Å². The van der Waals surface area contributed by atoms with Crippen LogP contribution >= 0.6 is 0 Å². The van der Waals surface area contributed by atoms with Crippen molar-refractivity contribution in [3.63, 3.8) is 0 Å². The Labute approximate surface area is 150 Å². The summed E-state index contributed by atoms with van der Waals surface area (Å²) in [6.45, 7) is 2.02. The summed E-state index contributed by atoms with van der Waals surface area (Å²) in [5.41, 5.74) is -1.05. The molecule has 0 unspecified atom stereocenters. The zero-order valence-electron chi connectivity index (χ0n) is 15.3. The maximum Gasteiger partial charge on any atom is 0.431 e. The first-order valence-corrected chi connectivity index (χ1v) is 8.21. The van der Waals surface area contributed by atoms with Crippen molar-refractivity contribution in [1.29, 1.82) is 0 Å². The summed E-state index contributed by atoms with van der Waals surface area (Å²) in [5, 5.41) is 5.15. The van der Waals surface area contributed by atoms with E-state index in [2.05, 4.69) is 14.6 Å². The molecule has 10 heteroatoms. The van der Waals surface area contributed by atoms with E-state index in [1.165, 1.54) is 19.0 Å². The molecule has 1 aliphatic rings. The first kappa shape index (κ1) is 22.2. The number of rotatable bonds is 8. The third-order valence-electron chi connectivity index (χ3n) is 4.28. The average molecular weight is 382 g/mol. The van der Waals surface area contributed by atoms with E-state index < -0.39 is 42.1 Å². The highest BCUT2D eigenvalue weighted by molar-refractivity contribution is 5.96. The number of alkyl halides is 3. The summed E-state index contributed by atoms with van der Waals surface area (Å²) < 4.78 is 54.4. The molecule has 1 heterocycles. The van der Waals surface area contributed by atoms with Crippen molar-refractivity contribution in [3.05, 3.63) is 0 Å². The van der Waals surface area contributed by atoms with E-state index in [9.17, 15) is 22.8 Å². The molecule has 0 bridgehead atoms. The van der Waals surface area contributed by atoms with Gasteiger partial charge in [0.2, 0.25) is 0 Å². The number of hydrazone groups is 1. The zero-order valence-corrected chi connectivity index (χ0v) is 15.3. The van der Waals surface area contributed by atoms with Crippen molar-refractivity contribution in [3.8, 4) is 0 Å². The number of hydrogen-bond donors (Lipinski definition) is 0. The molecule has 0 aromatic heterocycles. The fourth-order valence-electron chi connectivity index (χ4n) is 2.92. The summed E-state index contributed by atoms with van der Waals surface area (Å²) in [7, 11) is 3.59. The SMILES string of the molecule is COC[C@@H]1CCCN1/N=C(/C[C@@H](C)C(C(=O)OC)C(=O)OC)C(F)(F)F. The normalized spacial score (nSPS) is 19.6. The lowest BCUT2D eigenvalue weighted by Gasteiger charge is -2.25. The van der Waals surface area contributed by atoms with Crippen molar-refractivity contribution in [2.24, 2.45) is 16.9 Å². The molecule has 1 fully saturated rings. The van der Waals surface area contributed by atoms with Crippen LogP contribution in [0.3, 0.4) is 0 Å². The summed E-state index contributed by atoms with van der Waals surface area (Å²) in [4.78, 5) is 23.6. The lowest BCUT2D eigenvalue weighted by Crippen LogP contribution is -2.37. The van der Waals surface area contributed by atoms with Gasteiger partial charge in [0, 0.05) is 20.1 Å². The van der Waals surface area contributed by atoms with E-state index in [0.29, 0.717) is 19.4 Å². The Morgan fingerprint density at radius 1 is 1.19 bits per heavy atom. The molecule has 0 aromatic rings. The Morgan fingerprint density at radius 3 is 2.23 bits per heavy atom. The minimum atomic E-state index is -4.69. The number of carbonyl (C=O) groups is 2. The van der Waals surface area contributed by atoms with Gasteiger partial charge in [0.1, 0.15) is 5.71 Å². The van der Waals surface area contributed by atoms with Crippen LogP contribution in [0.1, 0.15) is 26.2 Å². The molecule has 0 saturated carbocycles. The predicted molar refractivity (Wildman–Crippen MR) is 86.4 cm³/mol. The first-order chi connectivity index (χ1) is 12.1. The van der Waals surface area contributed by atoms with Gasteiger partial charge in [0.05, 0.1) is 26.9 Å². The summed E-state index contributed by atoms with van der Waals surface area (Å²) in [6.07, 6.45) is -3.91. The topological polar surface area (TPSA) is 77.4 Å². The second-order valence-electron chi connectivity index (χ2n) is 6.16. The monoisotopic (exact) mass is 382 g/mol. The lowest BCUT2D eigenvalue weighted by molar-refractivity contribution is -0.161. The molecular weight excluding hydrogens is 357 g/mol. The Balaban J connectivity index is 3.04. The molecule has 0 radical (unpaired) electrons. The molecule has 26 heavy (non-hydrogen) atoms. The van der Waals surface area contributed by atoms with Crippen LogP contribution in [0.25, 0.3) is 0 Å². The molecular formula is C16H25F3N2O5. The minimum absolute atomic E-state index is 0.232. The number of carbonyl (C=O) groups excluding carboxylic acids is 2. The van der Waals surface area contributed by atoms with Crippen LogP contribution in [-0.2, 0) is 23.8 Å². The number of halogens is 3. The Morgan fingerprint density at radius 2 is 1.77 bits per heavy atom. The van der Waals surface area contributed by atoms with Gasteiger partial charge in [-0.3, -0.25) is 14.6 Å². The Kier molecular flexibility index (Phi) is 8.32. The van der Waals surface area contributed by atoms with E-state index >= 15 is 0 Å². The number of methoxy groups -OCH3 is 3. The molecule has 2 atom stereocenters. The van der Waals surface area contributed by atoms with E-state index in [1.54, 1.807) is 0 Å². The van der Waals surface area contributed by atoms with Crippen LogP contribution < -0.4 is 0 Å². The van der Waals surface area contributed by atoms with Gasteiger partial charge in [-0.25, -0.2) is 0 Å². The highest BCUT2D eigenvalue weighted by Crippen LogP contribution is 2.29. The standard InChI is InChI=1S/C16H25F3N2O5/c1-10(13(14(22)25-3)15(23)26-4)8-12(16(17,18)19)20-21-7-5-6-11(21)9-24-2/h10-11,13H,5-9H2,1-4H3/b20-12-/t10-,11+/m1/s1. The highest BCUT2D eigenvalue weighted by atomic mass is 19.4. The lowest BCUT2D eigenvalue weighted by atomic mass is 9.89. The van der Waals surface area contributed by atoms with Crippen molar-refractivity contribution < 1.29 is 37.0 Å². The van der Waals surface area contributed by atoms with Crippen LogP contribution in [0, 0.1) is 11.8 Å². The van der Waals surface area contributed by atoms with E-state index in [-0.39, 0.29) is 12.6 Å². The molecule has 0 aliphatic carbocycles. The van der Waals surface area contributed by atoms with Crippen molar-refractivity contribution in [2.45, 2.75) is 38.4 Å². The third-order valence-corrected chi connectivity index (χ3v) is 4.28. The second kappa shape index (κ2) is 9.75. The summed E-state index contributed by atoms with van der Waals surface area (Å²) in [5.74, 6) is -4.33. The maximum atomic E-state index is 13.5. The average Bonchev–Trinajstić information content (AvgIpc) is 3.00. The van der Waals surface area contributed by atoms with E-state index in [0.717, 1.165) is 14.2 Å². The molecule has 1 saturated heterocycles. The van der Waals surface area contributed by atoms with Gasteiger partial charge in [0.15, 0.2) is 5.92 Å². The Hall–Kier alpha value is -1.84. The van der Waals surface area contributed by atoms with Crippen LogP contribution in [0.15, 0.2) is 5.10 Å². The molecule has 0 aromatic carbocycles. The summed E-state index contributed by atoms with van der Waals surface area (Å²) >= 11 is 0. The molecule has 1 aliphatic heterocycles. The van der Waals surface area contributed by atoms with Crippen molar-refractivity contribution in [2.75, 3.05) is 34.5 Å². The van der Waals surface area contributed by atoms with Gasteiger partial charge in [0.25, 0.3) is 0 Å². The molecule has 0 amide bonds. The van der Waals surface area contributed by atoms with Crippen LogP contribution in [-0.4, -0.2) is 69.4 Å². The van der Waals surface area contributed by atoms with Gasteiger partial charge in [-0.2, -0.15) is 18.3 Å². The largest absolute Gasteiger partial charge is 0.468 e. The van der Waals surface area contributed by atoms with Gasteiger partial charge < -0.3 is 14.2 Å². The number of esters is 2. The van der Waals surface area contributed by atoms with Crippen molar-refractivity contribution in [1.82, 2.24) is 5.01 Å². The van der Waals surface area contributed by atoms with Crippen LogP contribution in [0.2, 0.25) is 0 Å². The van der Waals surface area contributed by atoms with Gasteiger partial charge >= 0.3 is 18.1 Å². The molecule has 7 nitrogen and oxygen atoms in total. The fraction of sp³-hybridized carbons (Fsp3) is 0.812. The maximum absolute atomic E-state index is 13.5. The van der Waals surface area contributed by atoms with Gasteiger partial charge in [-0.15, -0.1) is 0 Å². The molecule has 1 rings (SSSR count). The quantitative estimate of drug-likeness (QED) is 0.363. The van der Waals surface area contributed by atoms with Gasteiger partial charge in [-0.1, -0.05) is 6.92 Å². The third kappa shape index (κ3) is 5.86. The van der Waals surface area contributed by atoms with Crippen molar-refractivity contribution >= 4 is 17.7 Å². The molecule has 0 N–H and O–H groups in total. The highest BCUT2D eigenvalue weighted by Gasteiger charge is 2.42. The first-order valence-electron chi connectivity index (χ1n) is 8.21. The predicted octanol–water partition coefficient (Wildman–Crippen LogP) is 2.00. The van der Waals surface area contributed by atoms with E-state index in [4.69, 9.17) is 4.74 Å².